The largest absolute Gasteiger partial charge is 0.277 e. The van der Waals surface area contributed by atoms with Crippen LogP contribution in [0.1, 0.15) is 27.7 Å². The molecule has 0 saturated carbocycles. The van der Waals surface area contributed by atoms with E-state index in [2.05, 4.69) is 0 Å². The Labute approximate surface area is 144 Å². The molecule has 140 valence electrons. The molecule has 0 aromatic heterocycles. The summed E-state index contributed by atoms with van der Waals surface area (Å²) in [6.45, 7) is 1.97. The molecule has 4 bridgehead atoms. The second-order valence-electron chi connectivity index (χ2n) is 6.07. The van der Waals surface area contributed by atoms with Crippen LogP contribution in [0.15, 0.2) is 0 Å². The van der Waals surface area contributed by atoms with Crippen molar-refractivity contribution < 1.29 is 42.1 Å². The summed E-state index contributed by atoms with van der Waals surface area (Å²) in [5.74, 6) is 0. The predicted octanol–water partition coefficient (Wildman–Crippen LogP) is -1.47. The van der Waals surface area contributed by atoms with Crippen LogP contribution >= 0.6 is 11.8 Å². The summed E-state index contributed by atoms with van der Waals surface area (Å²) in [5, 5.41) is 0. The maximum absolute atomic E-state index is 12.8. The molecule has 24 heavy (non-hydrogen) atoms. The van der Waals surface area contributed by atoms with Crippen molar-refractivity contribution in [3.63, 3.8) is 0 Å². The lowest BCUT2D eigenvalue weighted by atomic mass is 10.9. The van der Waals surface area contributed by atoms with E-state index >= 15 is 0 Å². The molecule has 0 N–H and O–H groups in total. The second-order valence-corrected chi connectivity index (χ2v) is 24.2. The molecule has 0 spiro atoms. The van der Waals surface area contributed by atoms with Crippen molar-refractivity contribution in [2.24, 2.45) is 0 Å². The summed E-state index contributed by atoms with van der Waals surface area (Å²) in [6, 6.07) is 0. The van der Waals surface area contributed by atoms with Gasteiger partial charge in [0.15, 0.2) is 0 Å². The Morgan fingerprint density at radius 3 is 0.875 bits per heavy atom. The highest BCUT2D eigenvalue weighted by Gasteiger charge is 2.98. The van der Waals surface area contributed by atoms with Gasteiger partial charge in [-0.15, -0.1) is 0 Å². The molecule has 4 rings (SSSR count). The van der Waals surface area contributed by atoms with E-state index in [-0.39, 0.29) is 11.8 Å². The first-order chi connectivity index (χ1) is 10.2. The van der Waals surface area contributed by atoms with Gasteiger partial charge in [-0.3, -0.25) is 0 Å². The van der Waals surface area contributed by atoms with Gasteiger partial charge in [0.25, 0.3) is 6.82 Å². The highest BCUT2D eigenvalue weighted by atomic mass is 32.4. The van der Waals surface area contributed by atoms with E-state index < -0.39 is 62.8 Å². The quantitative estimate of drug-likeness (QED) is 0.413. The molecule has 0 aliphatic carbocycles. The summed E-state index contributed by atoms with van der Waals surface area (Å²) in [7, 11) is -27.3. The zero-order valence-electron chi connectivity index (χ0n) is 12.5. The predicted molar refractivity (Wildman–Crippen MR) is 85.8 cm³/mol. The zero-order chi connectivity index (χ0) is 19.2. The van der Waals surface area contributed by atoms with Crippen LogP contribution in [-0.2, 0) is 49.2 Å². The van der Waals surface area contributed by atoms with Crippen molar-refractivity contribution in [3.05, 3.63) is 0 Å². The minimum Gasteiger partial charge on any atom is -0.224 e. The van der Waals surface area contributed by atoms with Gasteiger partial charge in [0.1, 0.15) is 0 Å². The molecule has 4 saturated heterocycles. The van der Waals surface area contributed by atoms with Crippen LogP contribution in [0.25, 0.3) is 0 Å². The second kappa shape index (κ2) is 3.72. The first-order valence-corrected chi connectivity index (χ1v) is 14.3. The van der Waals surface area contributed by atoms with E-state index in [4.69, 9.17) is 0 Å². The molecular weight excluding hydrogens is 448 g/mol. The maximum Gasteiger partial charge on any atom is 0.277 e. The standard InChI is InChI=1S/C8H12O10S6/c1-5-19-6(2)22(13,14)7(3,20(5,9)10)24(17,18)8(4,21(5,11)12)23(6,15)16/h1-4H3. The van der Waals surface area contributed by atoms with Gasteiger partial charge in [0.05, 0.1) is 0 Å². The van der Waals surface area contributed by atoms with Crippen LogP contribution in [0.3, 0.4) is 0 Å². The van der Waals surface area contributed by atoms with E-state index in [0.717, 1.165) is 0 Å². The first-order valence-electron chi connectivity index (χ1n) is 6.12. The fourth-order valence-corrected chi connectivity index (χ4v) is 34.2. The molecule has 0 aromatic rings. The van der Waals surface area contributed by atoms with Crippen LogP contribution in [0.5, 0.6) is 0 Å². The van der Waals surface area contributed by atoms with Crippen LogP contribution in [0.4, 0.5) is 0 Å². The third kappa shape index (κ3) is 1.07. The fraction of sp³-hybridized carbons (Fsp3) is 1.00. The molecule has 0 radical (unpaired) electrons. The Morgan fingerprint density at radius 1 is 0.458 bits per heavy atom. The summed E-state index contributed by atoms with van der Waals surface area (Å²) in [5.41, 5.74) is 0. The molecule has 0 aromatic carbocycles. The van der Waals surface area contributed by atoms with Crippen LogP contribution in [-0.4, -0.2) is 55.7 Å². The molecule has 16 heteroatoms. The van der Waals surface area contributed by atoms with E-state index in [1.165, 1.54) is 0 Å². The van der Waals surface area contributed by atoms with Gasteiger partial charge < -0.3 is 0 Å². The lowest BCUT2D eigenvalue weighted by Crippen LogP contribution is -2.86. The smallest absolute Gasteiger partial charge is 0.224 e. The summed E-state index contributed by atoms with van der Waals surface area (Å²) in [6.07, 6.45) is 0. The van der Waals surface area contributed by atoms with Crippen molar-refractivity contribution in [3.8, 4) is 0 Å². The van der Waals surface area contributed by atoms with E-state index in [1.54, 1.807) is 0 Å². The number of hydrogen-bond donors (Lipinski definition) is 0. The minimum absolute atomic E-state index is 0.279. The monoisotopic (exact) mass is 460 g/mol. The Morgan fingerprint density at radius 2 is 0.667 bits per heavy atom. The SMILES string of the molecule is CC12SC3(C)S(=O)(=O)C(C)(S1(=O)=O)S(=O)(=O)C(C)(S2(=O)=O)S3(=O)=O. The van der Waals surface area contributed by atoms with Crippen molar-refractivity contribution in [1.29, 1.82) is 0 Å². The van der Waals surface area contributed by atoms with E-state index in [1.807, 2.05) is 0 Å². The molecular formula is C8H12O10S6. The van der Waals surface area contributed by atoms with E-state index in [0.29, 0.717) is 27.7 Å². The minimum atomic E-state index is -5.74. The zero-order valence-corrected chi connectivity index (χ0v) is 17.4. The van der Waals surface area contributed by atoms with Crippen molar-refractivity contribution in [2.45, 2.75) is 41.3 Å². The molecule has 4 aliphatic heterocycles. The van der Waals surface area contributed by atoms with Crippen LogP contribution in [0.2, 0.25) is 0 Å². The number of thioether (sulfide) groups is 1. The molecule has 0 amide bonds. The Balaban J connectivity index is 2.89. The molecule has 0 atom stereocenters. The third-order valence-corrected chi connectivity index (χ3v) is 29.9. The van der Waals surface area contributed by atoms with Gasteiger partial charge in [-0.1, -0.05) is 11.8 Å². The summed E-state index contributed by atoms with van der Waals surface area (Å²) < 4.78 is 115. The normalized spacial score (nSPS) is 54.3. The topological polar surface area (TPSA) is 171 Å². The van der Waals surface area contributed by atoms with Gasteiger partial charge in [-0.2, -0.15) is 0 Å². The van der Waals surface area contributed by atoms with Crippen molar-refractivity contribution in [1.82, 2.24) is 0 Å². The van der Waals surface area contributed by atoms with Crippen molar-refractivity contribution in [2.75, 3.05) is 0 Å². The fourth-order valence-electron chi connectivity index (χ4n) is 3.40. The lowest BCUT2D eigenvalue weighted by molar-refractivity contribution is 0.511. The van der Waals surface area contributed by atoms with Gasteiger partial charge in [0.2, 0.25) is 56.0 Å². The lowest BCUT2D eigenvalue weighted by Gasteiger charge is -2.61. The van der Waals surface area contributed by atoms with Crippen LogP contribution < -0.4 is 0 Å². The average Bonchev–Trinajstić information content (AvgIpc) is 2.39. The Hall–Kier alpha value is 0.1000. The first kappa shape index (κ1) is 18.9. The van der Waals surface area contributed by atoms with Gasteiger partial charge in [0, 0.05) is 0 Å². The molecule has 4 aliphatic rings. The van der Waals surface area contributed by atoms with Crippen LogP contribution in [0, 0.1) is 0 Å². The molecule has 0 unspecified atom stereocenters. The third-order valence-electron chi connectivity index (χ3n) is 5.25. The molecule has 4 fully saturated rings. The summed E-state index contributed by atoms with van der Waals surface area (Å²) in [4.78, 5) is 0. The number of sulfone groups is 5. The molecule has 4 heterocycles. The number of hydrogen-bond acceptors (Lipinski definition) is 11. The van der Waals surface area contributed by atoms with Gasteiger partial charge >= 0.3 is 0 Å². The van der Waals surface area contributed by atoms with Crippen molar-refractivity contribution >= 4 is 60.9 Å². The Bertz CT molecular complexity index is 1070. The highest BCUT2D eigenvalue weighted by Crippen LogP contribution is 2.75. The maximum atomic E-state index is 12.8. The number of rotatable bonds is 0. The summed E-state index contributed by atoms with van der Waals surface area (Å²) >= 11 is -0.279. The highest BCUT2D eigenvalue weighted by molar-refractivity contribution is 8.58. The molecule has 10 nitrogen and oxygen atoms in total. The van der Waals surface area contributed by atoms with E-state index in [9.17, 15) is 42.1 Å². The Kier molecular flexibility index (Phi) is 2.92. The average molecular weight is 461 g/mol. The van der Waals surface area contributed by atoms with Gasteiger partial charge in [-0.25, -0.2) is 42.1 Å². The van der Waals surface area contributed by atoms with Gasteiger partial charge in [-0.05, 0) is 27.7 Å².